The van der Waals surface area contributed by atoms with E-state index in [1.165, 1.54) is 0 Å². The van der Waals surface area contributed by atoms with Crippen molar-refractivity contribution in [2.75, 3.05) is 69.3 Å². The second-order valence-electron chi connectivity index (χ2n) is 12.2. The van der Waals surface area contributed by atoms with Gasteiger partial charge in [0.05, 0.1) is 29.2 Å². The first kappa shape index (κ1) is 30.8. The van der Waals surface area contributed by atoms with E-state index in [2.05, 4.69) is 54.9 Å². The first-order valence-corrected chi connectivity index (χ1v) is 17.8. The van der Waals surface area contributed by atoms with Crippen molar-refractivity contribution >= 4 is 75.9 Å². The Morgan fingerprint density at radius 2 is 1.89 bits per heavy atom. The molecule has 0 atom stereocenters. The number of H-pyrrole nitrogens is 1. The summed E-state index contributed by atoms with van der Waals surface area (Å²) in [6.45, 7) is 7.99. The number of aromatic amines is 1. The van der Waals surface area contributed by atoms with Crippen LogP contribution in [0.25, 0.3) is 27.6 Å². The lowest BCUT2D eigenvalue weighted by Crippen LogP contribution is -2.58. The SMILES string of the molecule is CN=CC(=CN)c1cc(Nc2nc(Nc3ccc4nccnc4c3P(C)C)c3cc[nH]c3n2)c(OC)cc1N1CC2(CCOCC2)C1. The molecule has 47 heavy (non-hydrogen) atoms. The Balaban J connectivity index is 1.27. The lowest BCUT2D eigenvalue weighted by molar-refractivity contribution is -0.000213. The van der Waals surface area contributed by atoms with Gasteiger partial charge < -0.3 is 35.7 Å². The third kappa shape index (κ3) is 5.83. The maximum atomic E-state index is 6.16. The number of nitrogens with two attached hydrogens (primary N) is 1. The number of ether oxygens (including phenoxy) is 2. The zero-order chi connectivity index (χ0) is 32.5. The van der Waals surface area contributed by atoms with Crippen molar-refractivity contribution in [2.24, 2.45) is 16.1 Å². The van der Waals surface area contributed by atoms with Gasteiger partial charge in [-0.3, -0.25) is 15.0 Å². The molecule has 0 unspecified atom stereocenters. The van der Waals surface area contributed by atoms with E-state index in [4.69, 9.17) is 25.2 Å². The van der Waals surface area contributed by atoms with Gasteiger partial charge in [0.15, 0.2) is 0 Å². The average Bonchev–Trinajstić information content (AvgIpc) is 3.55. The maximum absolute atomic E-state index is 6.16. The predicted octanol–water partition coefficient (Wildman–Crippen LogP) is 5.38. The molecule has 7 rings (SSSR count). The number of anilines is 5. The molecule has 2 aromatic carbocycles. The lowest BCUT2D eigenvalue weighted by atomic mass is 9.73. The molecule has 1 spiro atoms. The summed E-state index contributed by atoms with van der Waals surface area (Å²) in [5.41, 5.74) is 13.4. The summed E-state index contributed by atoms with van der Waals surface area (Å²) in [5.74, 6) is 1.74. The molecule has 0 aliphatic carbocycles. The summed E-state index contributed by atoms with van der Waals surface area (Å²) in [6.07, 6.45) is 10.8. The highest BCUT2D eigenvalue weighted by Crippen LogP contribution is 2.46. The smallest absolute Gasteiger partial charge is 0.231 e. The van der Waals surface area contributed by atoms with Crippen molar-refractivity contribution in [3.05, 3.63) is 60.7 Å². The van der Waals surface area contributed by atoms with Gasteiger partial charge in [-0.15, -0.1) is 0 Å². The van der Waals surface area contributed by atoms with E-state index in [1.54, 1.807) is 39.0 Å². The Morgan fingerprint density at radius 3 is 2.64 bits per heavy atom. The number of nitrogens with one attached hydrogen (secondary N) is 3. The summed E-state index contributed by atoms with van der Waals surface area (Å²) in [7, 11) is 2.91. The van der Waals surface area contributed by atoms with Crippen molar-refractivity contribution in [2.45, 2.75) is 12.8 Å². The van der Waals surface area contributed by atoms with E-state index in [1.807, 2.05) is 30.5 Å². The van der Waals surface area contributed by atoms with Gasteiger partial charge in [-0.2, -0.15) is 9.97 Å². The number of allylic oxidation sites excluding steroid dienone is 1. The molecule has 0 radical (unpaired) electrons. The van der Waals surface area contributed by atoms with Crippen molar-refractivity contribution in [1.82, 2.24) is 24.9 Å². The maximum Gasteiger partial charge on any atom is 0.231 e. The highest BCUT2D eigenvalue weighted by atomic mass is 31.1. The Bertz CT molecular complexity index is 1990. The molecule has 5 N–H and O–H groups in total. The first-order valence-electron chi connectivity index (χ1n) is 15.6. The summed E-state index contributed by atoms with van der Waals surface area (Å²) < 4.78 is 11.6. The molecule has 0 amide bonds. The number of methoxy groups -OCH3 is 1. The Kier molecular flexibility index (Phi) is 8.38. The van der Waals surface area contributed by atoms with E-state index >= 15 is 0 Å². The standard InChI is InChI=1S/C34H39N10O2P/c1-36-18-21(17-35)23-15-26(28(45-2)16-27(23)44-19-34(20-44)8-13-46-14-9-34)41-33-42-31-22(7-10-39-31)32(43-33)40-25-6-5-24-29(30(25)47(3)4)38-12-11-37-24/h5-7,10-12,15-18H,8-9,13-14,19-20,35H2,1-4H3,(H3,39,40,41,42,43). The minimum absolute atomic E-state index is 0.294. The van der Waals surface area contributed by atoms with Gasteiger partial charge in [-0.1, -0.05) is 7.92 Å². The highest BCUT2D eigenvalue weighted by Gasteiger charge is 2.44. The van der Waals surface area contributed by atoms with Gasteiger partial charge in [0.25, 0.3) is 0 Å². The molecule has 3 aromatic heterocycles. The quantitative estimate of drug-likeness (QED) is 0.121. The van der Waals surface area contributed by atoms with Crippen LogP contribution >= 0.6 is 7.92 Å². The normalized spacial score (nSPS) is 16.4. The fourth-order valence-corrected chi connectivity index (χ4v) is 7.85. The van der Waals surface area contributed by atoms with E-state index in [0.29, 0.717) is 34.3 Å². The average molecular weight is 651 g/mol. The van der Waals surface area contributed by atoms with E-state index in [0.717, 1.165) is 83.4 Å². The molecular formula is C34H39N10O2P. The van der Waals surface area contributed by atoms with Crippen LogP contribution in [0.4, 0.5) is 28.8 Å². The molecule has 0 bridgehead atoms. The number of aliphatic imine (C=N–C) groups is 1. The monoisotopic (exact) mass is 650 g/mol. The zero-order valence-electron chi connectivity index (χ0n) is 27.0. The minimum Gasteiger partial charge on any atom is -0.494 e. The van der Waals surface area contributed by atoms with Crippen LogP contribution in [0.5, 0.6) is 5.75 Å². The van der Waals surface area contributed by atoms with Gasteiger partial charge in [0.1, 0.15) is 17.2 Å². The molecule has 5 heterocycles. The van der Waals surface area contributed by atoms with Gasteiger partial charge in [0, 0.05) is 104 Å². The Labute approximate surface area is 274 Å². The third-order valence-electron chi connectivity index (χ3n) is 9.00. The van der Waals surface area contributed by atoms with Crippen LogP contribution in [0.1, 0.15) is 18.4 Å². The van der Waals surface area contributed by atoms with Crippen molar-refractivity contribution in [1.29, 1.82) is 0 Å². The predicted molar refractivity (Wildman–Crippen MR) is 193 cm³/mol. The fraction of sp³-hybridized carbons (Fsp3) is 0.324. The molecule has 2 aliphatic heterocycles. The molecule has 2 aliphatic rings. The molecule has 5 aromatic rings. The molecule has 0 saturated carbocycles. The molecule has 13 heteroatoms. The number of benzene rings is 2. The van der Waals surface area contributed by atoms with E-state index in [-0.39, 0.29) is 0 Å². The van der Waals surface area contributed by atoms with Gasteiger partial charge >= 0.3 is 0 Å². The molecule has 12 nitrogen and oxygen atoms in total. The van der Waals surface area contributed by atoms with Gasteiger partial charge in [0.2, 0.25) is 5.95 Å². The van der Waals surface area contributed by atoms with Crippen LogP contribution < -0.4 is 31.3 Å². The molecule has 2 fully saturated rings. The number of hydrogen-bond donors (Lipinski definition) is 4. The minimum atomic E-state index is -0.510. The number of nitrogens with zero attached hydrogens (tertiary/aromatic N) is 6. The van der Waals surface area contributed by atoms with Crippen molar-refractivity contribution in [3.8, 4) is 5.75 Å². The number of fused-ring (bicyclic) bond motifs is 2. The summed E-state index contributed by atoms with van der Waals surface area (Å²) in [6, 6.07) is 10.1. The number of aromatic nitrogens is 5. The second-order valence-corrected chi connectivity index (χ2v) is 14.4. The number of rotatable bonds is 9. The van der Waals surface area contributed by atoms with Crippen LogP contribution in [0.2, 0.25) is 0 Å². The molecular weight excluding hydrogens is 611 g/mol. The first-order chi connectivity index (χ1) is 22.9. The fourth-order valence-electron chi connectivity index (χ4n) is 6.64. The summed E-state index contributed by atoms with van der Waals surface area (Å²) in [5, 5.41) is 9.05. The second kappa shape index (κ2) is 12.8. The molecule has 242 valence electrons. The van der Waals surface area contributed by atoms with Crippen LogP contribution in [-0.4, -0.2) is 84.9 Å². The largest absolute Gasteiger partial charge is 0.494 e. The van der Waals surface area contributed by atoms with E-state index < -0.39 is 7.92 Å². The van der Waals surface area contributed by atoms with Gasteiger partial charge in [-0.05, 0) is 50.4 Å². The zero-order valence-corrected chi connectivity index (χ0v) is 27.9. The van der Waals surface area contributed by atoms with Gasteiger partial charge in [-0.25, -0.2) is 0 Å². The van der Waals surface area contributed by atoms with Crippen LogP contribution in [0.15, 0.2) is 60.1 Å². The molecule has 2 saturated heterocycles. The summed E-state index contributed by atoms with van der Waals surface area (Å²) >= 11 is 0. The Morgan fingerprint density at radius 1 is 1.09 bits per heavy atom. The van der Waals surface area contributed by atoms with Crippen LogP contribution in [0, 0.1) is 5.41 Å². The lowest BCUT2D eigenvalue weighted by Gasteiger charge is -2.53. The topological polar surface area (TPSA) is 151 Å². The number of hydrogen-bond acceptors (Lipinski definition) is 11. The van der Waals surface area contributed by atoms with Crippen LogP contribution in [0.3, 0.4) is 0 Å². The third-order valence-corrected chi connectivity index (χ3v) is 10.3. The Hall–Kier alpha value is -4.80. The van der Waals surface area contributed by atoms with Crippen LogP contribution in [-0.2, 0) is 4.74 Å². The van der Waals surface area contributed by atoms with Crippen molar-refractivity contribution in [3.63, 3.8) is 0 Å². The highest BCUT2D eigenvalue weighted by molar-refractivity contribution is 7.65. The summed E-state index contributed by atoms with van der Waals surface area (Å²) in [4.78, 5) is 28.9. The van der Waals surface area contributed by atoms with Crippen molar-refractivity contribution < 1.29 is 9.47 Å². The van der Waals surface area contributed by atoms with E-state index in [9.17, 15) is 0 Å².